The first kappa shape index (κ1) is 18.6. The molecule has 1 amide bonds. The van der Waals surface area contributed by atoms with Gasteiger partial charge in [0.05, 0.1) is 25.1 Å². The lowest BCUT2D eigenvalue weighted by Gasteiger charge is -2.30. The van der Waals surface area contributed by atoms with Crippen LogP contribution in [-0.4, -0.2) is 35.5 Å². The Balaban J connectivity index is 1.50. The molecule has 0 radical (unpaired) electrons. The third-order valence-corrected chi connectivity index (χ3v) is 4.80. The molecule has 0 fully saturated rings. The molecule has 1 aliphatic rings. The number of aromatic nitrogens is 2. The minimum atomic E-state index is -0.466. The van der Waals surface area contributed by atoms with E-state index in [2.05, 4.69) is 32.3 Å². The predicted octanol–water partition coefficient (Wildman–Crippen LogP) is 3.60. The van der Waals surface area contributed by atoms with Crippen LogP contribution in [0.25, 0.3) is 0 Å². The standard InChI is InChI=1S/C22H20N4O3/c1-29-22(28)16-7-4-9-17(12-16)25-21(27)18-13-24-20(14-23-18)26-11-5-8-15-6-2-3-10-19(15)26/h2-4,6-7,9-10,12-14H,5,8,11H2,1H3,(H,25,27). The third-order valence-electron chi connectivity index (χ3n) is 4.80. The van der Waals surface area contributed by atoms with E-state index in [1.807, 2.05) is 12.1 Å². The second-order valence-electron chi connectivity index (χ2n) is 6.67. The zero-order chi connectivity index (χ0) is 20.2. The lowest BCUT2D eigenvalue weighted by molar-refractivity contribution is 0.0600. The number of nitrogens with zero attached hydrogens (tertiary/aromatic N) is 3. The first-order valence-corrected chi connectivity index (χ1v) is 9.33. The molecule has 0 bridgehead atoms. The molecule has 1 aromatic heterocycles. The Labute approximate surface area is 168 Å². The Hall–Kier alpha value is -3.74. The fourth-order valence-electron chi connectivity index (χ4n) is 3.39. The number of hydrogen-bond acceptors (Lipinski definition) is 6. The highest BCUT2D eigenvalue weighted by atomic mass is 16.5. The quantitative estimate of drug-likeness (QED) is 0.688. The Kier molecular flexibility index (Phi) is 5.20. The summed E-state index contributed by atoms with van der Waals surface area (Å²) in [5.41, 5.74) is 3.45. The molecule has 29 heavy (non-hydrogen) atoms. The number of hydrogen-bond donors (Lipinski definition) is 1. The molecule has 1 aliphatic heterocycles. The van der Waals surface area contributed by atoms with Gasteiger partial charge in [0.15, 0.2) is 5.82 Å². The maximum Gasteiger partial charge on any atom is 0.337 e. The summed E-state index contributed by atoms with van der Waals surface area (Å²) >= 11 is 0. The van der Waals surface area contributed by atoms with Crippen LogP contribution in [0.4, 0.5) is 17.2 Å². The van der Waals surface area contributed by atoms with Crippen molar-refractivity contribution >= 4 is 29.1 Å². The molecule has 0 saturated heterocycles. The van der Waals surface area contributed by atoms with Crippen molar-refractivity contribution in [1.82, 2.24) is 9.97 Å². The molecule has 0 atom stereocenters. The van der Waals surface area contributed by atoms with Gasteiger partial charge in [-0.2, -0.15) is 0 Å². The summed E-state index contributed by atoms with van der Waals surface area (Å²) in [5.74, 6) is -0.154. The number of esters is 1. The number of methoxy groups -OCH3 is 1. The maximum atomic E-state index is 12.5. The lowest BCUT2D eigenvalue weighted by atomic mass is 10.0. The number of rotatable bonds is 4. The van der Waals surface area contributed by atoms with E-state index < -0.39 is 11.9 Å². The molecule has 4 rings (SSSR count). The molecule has 7 nitrogen and oxygen atoms in total. The van der Waals surface area contributed by atoms with Crippen molar-refractivity contribution in [2.45, 2.75) is 12.8 Å². The monoisotopic (exact) mass is 388 g/mol. The Morgan fingerprint density at radius 2 is 1.93 bits per heavy atom. The highest BCUT2D eigenvalue weighted by Gasteiger charge is 2.19. The second-order valence-corrected chi connectivity index (χ2v) is 6.67. The topological polar surface area (TPSA) is 84.4 Å². The largest absolute Gasteiger partial charge is 0.465 e. The van der Waals surface area contributed by atoms with E-state index in [0.717, 1.165) is 25.1 Å². The van der Waals surface area contributed by atoms with E-state index in [1.165, 1.54) is 18.9 Å². The highest BCUT2D eigenvalue weighted by Crippen LogP contribution is 2.31. The molecule has 0 spiro atoms. The number of carbonyl (C=O) groups excluding carboxylic acids is 2. The number of fused-ring (bicyclic) bond motifs is 1. The molecule has 146 valence electrons. The maximum absolute atomic E-state index is 12.5. The van der Waals surface area contributed by atoms with Gasteiger partial charge in [-0.25, -0.2) is 14.8 Å². The van der Waals surface area contributed by atoms with Crippen LogP contribution in [0.5, 0.6) is 0 Å². The minimum absolute atomic E-state index is 0.197. The van der Waals surface area contributed by atoms with Gasteiger partial charge in [-0.05, 0) is 42.7 Å². The van der Waals surface area contributed by atoms with Crippen LogP contribution in [0.3, 0.4) is 0 Å². The first-order valence-electron chi connectivity index (χ1n) is 9.33. The van der Waals surface area contributed by atoms with Crippen LogP contribution in [0.1, 0.15) is 32.8 Å². The molecule has 1 N–H and O–H groups in total. The summed E-state index contributed by atoms with van der Waals surface area (Å²) in [7, 11) is 1.31. The van der Waals surface area contributed by atoms with E-state index in [0.29, 0.717) is 17.1 Å². The molecule has 0 saturated carbocycles. The van der Waals surface area contributed by atoms with Gasteiger partial charge in [0, 0.05) is 17.9 Å². The van der Waals surface area contributed by atoms with Gasteiger partial charge < -0.3 is 15.0 Å². The van der Waals surface area contributed by atoms with Crippen molar-refractivity contribution < 1.29 is 14.3 Å². The van der Waals surface area contributed by atoms with Gasteiger partial charge in [0.25, 0.3) is 5.91 Å². The highest BCUT2D eigenvalue weighted by molar-refractivity contribution is 6.03. The Morgan fingerprint density at radius 1 is 1.07 bits per heavy atom. The number of carbonyl (C=O) groups is 2. The van der Waals surface area contributed by atoms with E-state index in [9.17, 15) is 9.59 Å². The zero-order valence-corrected chi connectivity index (χ0v) is 16.0. The summed E-state index contributed by atoms with van der Waals surface area (Å²) in [6, 6.07) is 14.8. The second kappa shape index (κ2) is 8.10. The number of aryl methyl sites for hydroxylation is 1. The van der Waals surface area contributed by atoms with E-state index in [4.69, 9.17) is 4.74 Å². The van der Waals surface area contributed by atoms with Crippen LogP contribution in [0.2, 0.25) is 0 Å². The molecule has 0 unspecified atom stereocenters. The molecule has 3 aromatic rings. The number of benzene rings is 2. The van der Waals surface area contributed by atoms with Crippen molar-refractivity contribution in [3.8, 4) is 0 Å². The average molecular weight is 388 g/mol. The zero-order valence-electron chi connectivity index (χ0n) is 16.0. The van der Waals surface area contributed by atoms with Gasteiger partial charge in [-0.1, -0.05) is 24.3 Å². The summed E-state index contributed by atoms with van der Waals surface area (Å²) in [6.07, 6.45) is 5.16. The molecular weight excluding hydrogens is 368 g/mol. The van der Waals surface area contributed by atoms with Crippen molar-refractivity contribution in [3.05, 3.63) is 77.7 Å². The first-order chi connectivity index (χ1) is 14.2. The smallest absolute Gasteiger partial charge is 0.337 e. The summed E-state index contributed by atoms with van der Waals surface area (Å²) in [5, 5.41) is 2.73. The lowest BCUT2D eigenvalue weighted by Crippen LogP contribution is -2.25. The van der Waals surface area contributed by atoms with Crippen molar-refractivity contribution in [3.63, 3.8) is 0 Å². The summed E-state index contributed by atoms with van der Waals surface area (Å²) in [6.45, 7) is 0.859. The normalized spacial score (nSPS) is 12.8. The number of ether oxygens (including phenoxy) is 1. The summed E-state index contributed by atoms with van der Waals surface area (Å²) in [4.78, 5) is 35.0. The van der Waals surface area contributed by atoms with Crippen LogP contribution in [-0.2, 0) is 11.2 Å². The van der Waals surface area contributed by atoms with Crippen LogP contribution in [0, 0.1) is 0 Å². The van der Waals surface area contributed by atoms with Crippen LogP contribution in [0.15, 0.2) is 60.9 Å². The average Bonchev–Trinajstić information content (AvgIpc) is 2.78. The number of anilines is 3. The van der Waals surface area contributed by atoms with Crippen molar-refractivity contribution in [2.75, 3.05) is 23.9 Å². The fourth-order valence-corrected chi connectivity index (χ4v) is 3.39. The molecule has 2 heterocycles. The Bertz CT molecular complexity index is 1050. The molecule has 7 heteroatoms. The van der Waals surface area contributed by atoms with Gasteiger partial charge in [0.2, 0.25) is 0 Å². The molecular formula is C22H20N4O3. The number of para-hydroxylation sites is 1. The van der Waals surface area contributed by atoms with E-state index in [-0.39, 0.29) is 5.69 Å². The van der Waals surface area contributed by atoms with Gasteiger partial charge in [-0.3, -0.25) is 4.79 Å². The number of amides is 1. The molecule has 2 aromatic carbocycles. The van der Waals surface area contributed by atoms with Crippen molar-refractivity contribution in [1.29, 1.82) is 0 Å². The van der Waals surface area contributed by atoms with Crippen LogP contribution < -0.4 is 10.2 Å². The minimum Gasteiger partial charge on any atom is -0.465 e. The van der Waals surface area contributed by atoms with Crippen LogP contribution >= 0.6 is 0 Å². The number of nitrogens with one attached hydrogen (secondary N) is 1. The third kappa shape index (κ3) is 3.94. The van der Waals surface area contributed by atoms with Crippen molar-refractivity contribution in [2.24, 2.45) is 0 Å². The SMILES string of the molecule is COC(=O)c1cccc(NC(=O)c2cnc(N3CCCc4ccccc43)cn2)c1. The molecule has 0 aliphatic carbocycles. The summed E-state index contributed by atoms with van der Waals surface area (Å²) < 4.78 is 4.70. The fraction of sp³-hybridized carbons (Fsp3) is 0.182. The van der Waals surface area contributed by atoms with E-state index in [1.54, 1.807) is 30.5 Å². The van der Waals surface area contributed by atoms with Gasteiger partial charge >= 0.3 is 5.97 Å². The van der Waals surface area contributed by atoms with Gasteiger partial charge in [-0.15, -0.1) is 0 Å². The van der Waals surface area contributed by atoms with E-state index >= 15 is 0 Å². The Morgan fingerprint density at radius 3 is 2.72 bits per heavy atom. The predicted molar refractivity (Wildman–Crippen MR) is 110 cm³/mol. The van der Waals surface area contributed by atoms with Gasteiger partial charge in [0.1, 0.15) is 5.69 Å².